The van der Waals surface area contributed by atoms with Gasteiger partial charge in [0, 0.05) is 6.04 Å². The molecule has 0 radical (unpaired) electrons. The molecule has 0 aliphatic heterocycles. The molecule has 0 aromatic carbocycles. The van der Waals surface area contributed by atoms with Gasteiger partial charge in [-0.3, -0.25) is 4.79 Å². The molecule has 7 heteroatoms. The van der Waals surface area contributed by atoms with Gasteiger partial charge in [-0.1, -0.05) is 31.7 Å². The predicted molar refractivity (Wildman–Crippen MR) is 80.8 cm³/mol. The van der Waals surface area contributed by atoms with Crippen molar-refractivity contribution in [3.8, 4) is 10.8 Å². The summed E-state index contributed by atoms with van der Waals surface area (Å²) in [6.07, 6.45) is 0. The van der Waals surface area contributed by atoms with E-state index in [1.165, 1.54) is 11.8 Å². The molecule has 0 aliphatic rings. The number of nitrogens with zero attached hydrogens (tertiary/aromatic N) is 2. The lowest BCUT2D eigenvalue weighted by atomic mass is 10.1. The van der Waals surface area contributed by atoms with Crippen LogP contribution in [0.25, 0.3) is 10.8 Å². The first kappa shape index (κ1) is 15.1. The fraction of sp³-hybridized carbons (Fsp3) is 0.462. The number of carbonyl (C=O) groups excluding carboxylic acids is 1. The molecule has 2 aromatic rings. The summed E-state index contributed by atoms with van der Waals surface area (Å²) in [5, 5.41) is 13.2. The van der Waals surface area contributed by atoms with Crippen molar-refractivity contribution < 1.29 is 9.21 Å². The fourth-order valence-corrected chi connectivity index (χ4v) is 2.58. The lowest BCUT2D eigenvalue weighted by Gasteiger charge is -2.16. The van der Waals surface area contributed by atoms with Crippen LogP contribution < -0.4 is 5.32 Å². The summed E-state index contributed by atoms with van der Waals surface area (Å²) in [5.74, 6) is 1.17. The molecule has 5 nitrogen and oxygen atoms in total. The molecule has 0 fully saturated rings. The summed E-state index contributed by atoms with van der Waals surface area (Å²) < 4.78 is 5.50. The Labute approximate surface area is 126 Å². The molecule has 2 aromatic heterocycles. The van der Waals surface area contributed by atoms with Gasteiger partial charge in [-0.15, -0.1) is 21.5 Å². The van der Waals surface area contributed by atoms with Crippen LogP contribution in [0.2, 0.25) is 0 Å². The van der Waals surface area contributed by atoms with E-state index >= 15 is 0 Å². The Hall–Kier alpha value is -1.34. The number of thiophene rings is 1. The molecule has 1 amide bonds. The highest BCUT2D eigenvalue weighted by Crippen LogP contribution is 2.26. The molecule has 0 saturated heterocycles. The van der Waals surface area contributed by atoms with Crippen LogP contribution in [-0.4, -0.2) is 27.9 Å². The van der Waals surface area contributed by atoms with Gasteiger partial charge in [0.25, 0.3) is 11.1 Å². The Bertz CT molecular complexity index is 552. The number of thioether (sulfide) groups is 1. The molecular formula is C13H17N3O2S2. The Balaban J connectivity index is 1.84. The zero-order chi connectivity index (χ0) is 14.5. The monoisotopic (exact) mass is 311 g/mol. The minimum Gasteiger partial charge on any atom is -0.410 e. The number of nitrogens with one attached hydrogen (secondary N) is 1. The van der Waals surface area contributed by atoms with Crippen molar-refractivity contribution in [1.29, 1.82) is 0 Å². The van der Waals surface area contributed by atoms with Crippen molar-refractivity contribution in [2.45, 2.75) is 32.0 Å². The topological polar surface area (TPSA) is 68.0 Å². The summed E-state index contributed by atoms with van der Waals surface area (Å²) in [7, 11) is 0. The van der Waals surface area contributed by atoms with Crippen molar-refractivity contribution in [3.63, 3.8) is 0 Å². The maximum atomic E-state index is 11.7. The third-order valence-corrected chi connectivity index (χ3v) is 4.53. The van der Waals surface area contributed by atoms with Crippen molar-refractivity contribution in [2.24, 2.45) is 5.92 Å². The molecule has 108 valence electrons. The van der Waals surface area contributed by atoms with E-state index in [1.807, 2.05) is 24.4 Å². The second-order valence-corrected chi connectivity index (χ2v) is 6.61. The summed E-state index contributed by atoms with van der Waals surface area (Å²) in [5.41, 5.74) is 0. The van der Waals surface area contributed by atoms with E-state index in [0.717, 1.165) is 4.88 Å². The van der Waals surface area contributed by atoms with Crippen LogP contribution in [0, 0.1) is 5.92 Å². The van der Waals surface area contributed by atoms with Gasteiger partial charge in [0.05, 0.1) is 10.6 Å². The van der Waals surface area contributed by atoms with Gasteiger partial charge in [0.2, 0.25) is 5.91 Å². The van der Waals surface area contributed by atoms with Gasteiger partial charge in [0.1, 0.15) is 0 Å². The first-order chi connectivity index (χ1) is 9.56. The molecule has 1 N–H and O–H groups in total. The van der Waals surface area contributed by atoms with E-state index in [2.05, 4.69) is 29.4 Å². The Morgan fingerprint density at radius 2 is 2.25 bits per heavy atom. The van der Waals surface area contributed by atoms with Gasteiger partial charge < -0.3 is 9.73 Å². The second-order valence-electron chi connectivity index (χ2n) is 4.74. The van der Waals surface area contributed by atoms with E-state index in [1.54, 1.807) is 11.3 Å². The van der Waals surface area contributed by atoms with E-state index < -0.39 is 0 Å². The highest BCUT2D eigenvalue weighted by molar-refractivity contribution is 7.99. The van der Waals surface area contributed by atoms with Crippen LogP contribution >= 0.6 is 23.1 Å². The molecule has 0 saturated carbocycles. The lowest BCUT2D eigenvalue weighted by molar-refractivity contribution is -0.119. The van der Waals surface area contributed by atoms with Gasteiger partial charge in [-0.2, -0.15) is 0 Å². The standard InChI is InChI=1S/C13H17N3O2S2/c1-8(2)9(3)14-11(17)7-20-13-16-15-12(18-13)10-5-4-6-19-10/h4-6,8-9H,7H2,1-3H3,(H,14,17). The lowest BCUT2D eigenvalue weighted by Crippen LogP contribution is -2.37. The van der Waals surface area contributed by atoms with E-state index in [4.69, 9.17) is 4.42 Å². The average molecular weight is 311 g/mol. The van der Waals surface area contributed by atoms with Crippen LogP contribution in [-0.2, 0) is 4.79 Å². The zero-order valence-electron chi connectivity index (χ0n) is 11.6. The highest BCUT2D eigenvalue weighted by Gasteiger charge is 2.14. The molecule has 0 bridgehead atoms. The summed E-state index contributed by atoms with van der Waals surface area (Å²) in [6.45, 7) is 6.14. The number of rotatable bonds is 6. The first-order valence-electron chi connectivity index (χ1n) is 6.36. The molecule has 20 heavy (non-hydrogen) atoms. The van der Waals surface area contributed by atoms with Crippen LogP contribution in [0.1, 0.15) is 20.8 Å². The van der Waals surface area contributed by atoms with Gasteiger partial charge >= 0.3 is 0 Å². The van der Waals surface area contributed by atoms with Crippen molar-refractivity contribution >= 4 is 29.0 Å². The minimum atomic E-state index is -0.0212. The van der Waals surface area contributed by atoms with E-state index in [9.17, 15) is 4.79 Å². The van der Waals surface area contributed by atoms with E-state index in [0.29, 0.717) is 17.0 Å². The van der Waals surface area contributed by atoms with Gasteiger partial charge in [-0.05, 0) is 24.3 Å². The molecular weight excluding hydrogens is 294 g/mol. The Morgan fingerprint density at radius 1 is 1.45 bits per heavy atom. The number of hydrogen-bond acceptors (Lipinski definition) is 6. The third-order valence-electron chi connectivity index (χ3n) is 2.85. The van der Waals surface area contributed by atoms with Crippen LogP contribution in [0.4, 0.5) is 0 Å². The number of aromatic nitrogens is 2. The molecule has 0 aliphatic carbocycles. The van der Waals surface area contributed by atoms with Crippen molar-refractivity contribution in [2.75, 3.05) is 5.75 Å². The summed E-state index contributed by atoms with van der Waals surface area (Å²) in [6, 6.07) is 4.01. The Kier molecular flexibility index (Phi) is 5.19. The number of hydrogen-bond donors (Lipinski definition) is 1. The number of carbonyl (C=O) groups is 1. The molecule has 2 rings (SSSR count). The van der Waals surface area contributed by atoms with Crippen molar-refractivity contribution in [3.05, 3.63) is 17.5 Å². The largest absolute Gasteiger partial charge is 0.410 e. The maximum Gasteiger partial charge on any atom is 0.277 e. The van der Waals surface area contributed by atoms with E-state index in [-0.39, 0.29) is 17.7 Å². The SMILES string of the molecule is CC(C)C(C)NC(=O)CSc1nnc(-c2cccs2)o1. The first-order valence-corrected chi connectivity index (χ1v) is 8.22. The molecule has 0 spiro atoms. The fourth-order valence-electron chi connectivity index (χ4n) is 1.36. The van der Waals surface area contributed by atoms with Crippen LogP contribution in [0.5, 0.6) is 0 Å². The molecule has 1 unspecified atom stereocenters. The van der Waals surface area contributed by atoms with Crippen LogP contribution in [0.3, 0.4) is 0 Å². The summed E-state index contributed by atoms with van der Waals surface area (Å²) >= 11 is 2.79. The normalized spacial score (nSPS) is 12.6. The van der Waals surface area contributed by atoms with Gasteiger partial charge in [-0.25, -0.2) is 0 Å². The third kappa shape index (κ3) is 4.08. The predicted octanol–water partition coefficient (Wildman–Crippen LogP) is 3.05. The van der Waals surface area contributed by atoms with Crippen molar-refractivity contribution in [1.82, 2.24) is 15.5 Å². The zero-order valence-corrected chi connectivity index (χ0v) is 13.3. The smallest absolute Gasteiger partial charge is 0.277 e. The summed E-state index contributed by atoms with van der Waals surface area (Å²) in [4.78, 5) is 12.7. The van der Waals surface area contributed by atoms with Gasteiger partial charge in [0.15, 0.2) is 0 Å². The molecule has 1 atom stereocenters. The average Bonchev–Trinajstić information content (AvgIpc) is 3.07. The van der Waals surface area contributed by atoms with Crippen LogP contribution in [0.15, 0.2) is 27.2 Å². The quantitative estimate of drug-likeness (QED) is 0.830. The minimum absolute atomic E-state index is 0.0212. The Morgan fingerprint density at radius 3 is 2.90 bits per heavy atom. The number of amides is 1. The molecule has 2 heterocycles. The maximum absolute atomic E-state index is 11.7. The second kappa shape index (κ2) is 6.90. The highest BCUT2D eigenvalue weighted by atomic mass is 32.2.